The molecule has 0 aliphatic heterocycles. The number of carbonyl (C=O) groups is 1. The lowest BCUT2D eigenvalue weighted by Gasteiger charge is -2.29. The van der Waals surface area contributed by atoms with E-state index in [9.17, 15) is 4.79 Å². The number of aromatic nitrogens is 3. The van der Waals surface area contributed by atoms with Crippen molar-refractivity contribution in [1.82, 2.24) is 20.1 Å². The van der Waals surface area contributed by atoms with E-state index in [4.69, 9.17) is 4.74 Å². The second-order valence-electron chi connectivity index (χ2n) is 8.92. The Morgan fingerprint density at radius 2 is 1.77 bits per heavy atom. The van der Waals surface area contributed by atoms with Crippen molar-refractivity contribution in [2.75, 3.05) is 12.9 Å². The van der Waals surface area contributed by atoms with Crippen LogP contribution in [0.4, 0.5) is 0 Å². The van der Waals surface area contributed by atoms with Gasteiger partial charge in [-0.25, -0.2) is 0 Å². The van der Waals surface area contributed by atoms with E-state index in [0.29, 0.717) is 23.8 Å². The molecule has 168 valence electrons. The van der Waals surface area contributed by atoms with Crippen molar-refractivity contribution in [2.24, 2.45) is 5.92 Å². The molecule has 7 heteroatoms. The molecule has 1 N–H and O–H groups in total. The SMILES string of the molecule is COc1ccc(-c2nnc(SCC(=O)NC3CCCCC3C)n2C2CCCCC2)cc1. The van der Waals surface area contributed by atoms with Gasteiger partial charge in [0.05, 0.1) is 12.9 Å². The van der Waals surface area contributed by atoms with Gasteiger partial charge in [0.25, 0.3) is 0 Å². The molecule has 2 fully saturated rings. The van der Waals surface area contributed by atoms with Crippen molar-refractivity contribution in [3.63, 3.8) is 0 Å². The van der Waals surface area contributed by atoms with Crippen LogP contribution in [0.1, 0.15) is 70.8 Å². The van der Waals surface area contributed by atoms with Crippen molar-refractivity contribution >= 4 is 17.7 Å². The van der Waals surface area contributed by atoms with E-state index in [1.807, 2.05) is 24.3 Å². The number of nitrogens with one attached hydrogen (secondary N) is 1. The minimum Gasteiger partial charge on any atom is -0.497 e. The maximum Gasteiger partial charge on any atom is 0.230 e. The topological polar surface area (TPSA) is 69.0 Å². The zero-order valence-corrected chi connectivity index (χ0v) is 19.5. The second kappa shape index (κ2) is 10.5. The Hall–Kier alpha value is -2.02. The lowest BCUT2D eigenvalue weighted by atomic mass is 9.86. The number of thioether (sulfide) groups is 1. The molecule has 6 nitrogen and oxygen atoms in total. The van der Waals surface area contributed by atoms with Gasteiger partial charge in [-0.05, 0) is 55.9 Å². The third kappa shape index (κ3) is 5.43. The first-order valence-electron chi connectivity index (χ1n) is 11.7. The molecule has 1 amide bonds. The number of carbonyl (C=O) groups excluding carboxylic acids is 1. The van der Waals surface area contributed by atoms with Crippen LogP contribution < -0.4 is 10.1 Å². The molecular formula is C24H34N4O2S. The fraction of sp³-hybridized carbons (Fsp3) is 0.625. The molecule has 2 saturated carbocycles. The first-order valence-corrected chi connectivity index (χ1v) is 12.7. The van der Waals surface area contributed by atoms with Gasteiger partial charge in [0.1, 0.15) is 5.75 Å². The van der Waals surface area contributed by atoms with Crippen molar-refractivity contribution in [2.45, 2.75) is 82.0 Å². The van der Waals surface area contributed by atoms with Gasteiger partial charge in [-0.15, -0.1) is 10.2 Å². The summed E-state index contributed by atoms with van der Waals surface area (Å²) in [6.07, 6.45) is 10.8. The second-order valence-corrected chi connectivity index (χ2v) is 9.86. The number of benzene rings is 1. The molecule has 31 heavy (non-hydrogen) atoms. The average molecular weight is 443 g/mol. The molecule has 2 atom stereocenters. The number of rotatable bonds is 7. The number of hydrogen-bond acceptors (Lipinski definition) is 5. The van der Waals surface area contributed by atoms with Crippen LogP contribution in [0, 0.1) is 5.92 Å². The van der Waals surface area contributed by atoms with Gasteiger partial charge < -0.3 is 10.1 Å². The highest BCUT2D eigenvalue weighted by atomic mass is 32.2. The molecular weight excluding hydrogens is 408 g/mol. The molecule has 2 aliphatic carbocycles. The minimum atomic E-state index is 0.105. The maximum absolute atomic E-state index is 12.7. The van der Waals surface area contributed by atoms with E-state index in [1.165, 1.54) is 50.3 Å². The summed E-state index contributed by atoms with van der Waals surface area (Å²) in [6, 6.07) is 8.70. The third-order valence-electron chi connectivity index (χ3n) is 6.74. The molecule has 0 radical (unpaired) electrons. The standard InChI is InChI=1S/C24H34N4O2S/c1-17-8-6-7-11-21(17)25-22(29)16-31-24-27-26-23(18-12-14-20(30-2)15-13-18)28(24)19-9-4-3-5-10-19/h12-15,17,19,21H,3-11,16H2,1-2H3,(H,25,29). The average Bonchev–Trinajstić information content (AvgIpc) is 3.24. The van der Waals surface area contributed by atoms with Gasteiger partial charge in [0, 0.05) is 17.6 Å². The number of methoxy groups -OCH3 is 1. The molecule has 2 aromatic rings. The van der Waals surface area contributed by atoms with Gasteiger partial charge in [-0.3, -0.25) is 9.36 Å². The van der Waals surface area contributed by atoms with Gasteiger partial charge in [-0.2, -0.15) is 0 Å². The summed E-state index contributed by atoms with van der Waals surface area (Å²) in [5.74, 6) is 2.77. The molecule has 1 aromatic heterocycles. The zero-order valence-electron chi connectivity index (χ0n) is 18.7. The van der Waals surface area contributed by atoms with E-state index < -0.39 is 0 Å². The monoisotopic (exact) mass is 442 g/mol. The van der Waals surface area contributed by atoms with Crippen LogP contribution in [-0.2, 0) is 4.79 Å². The third-order valence-corrected chi connectivity index (χ3v) is 7.69. The van der Waals surface area contributed by atoms with Crippen LogP contribution in [0.25, 0.3) is 11.4 Å². The molecule has 2 aliphatic rings. The fourth-order valence-corrected chi connectivity index (χ4v) is 5.71. The first kappa shape index (κ1) is 22.2. The molecule has 1 aromatic carbocycles. The maximum atomic E-state index is 12.7. The summed E-state index contributed by atoms with van der Waals surface area (Å²) in [5.41, 5.74) is 1.03. The summed E-state index contributed by atoms with van der Waals surface area (Å²) in [4.78, 5) is 12.7. The van der Waals surface area contributed by atoms with Crippen LogP contribution in [0.3, 0.4) is 0 Å². The molecule has 2 unspecified atom stereocenters. The van der Waals surface area contributed by atoms with Crippen LogP contribution in [0.5, 0.6) is 5.75 Å². The Kier molecular flexibility index (Phi) is 7.54. The number of ether oxygens (including phenoxy) is 1. The normalized spacial score (nSPS) is 22.3. The highest BCUT2D eigenvalue weighted by Crippen LogP contribution is 2.36. The van der Waals surface area contributed by atoms with Crippen LogP contribution >= 0.6 is 11.8 Å². The van der Waals surface area contributed by atoms with E-state index in [2.05, 4.69) is 27.0 Å². The Labute approximate surface area is 189 Å². The van der Waals surface area contributed by atoms with Gasteiger partial charge in [-0.1, -0.05) is 50.8 Å². The van der Waals surface area contributed by atoms with E-state index in [0.717, 1.165) is 41.6 Å². The lowest BCUT2D eigenvalue weighted by Crippen LogP contribution is -2.41. The highest BCUT2D eigenvalue weighted by molar-refractivity contribution is 7.99. The van der Waals surface area contributed by atoms with Gasteiger partial charge in [0.15, 0.2) is 11.0 Å². The fourth-order valence-electron chi connectivity index (χ4n) is 4.89. The van der Waals surface area contributed by atoms with Gasteiger partial charge in [0.2, 0.25) is 5.91 Å². The van der Waals surface area contributed by atoms with E-state index >= 15 is 0 Å². The quantitative estimate of drug-likeness (QED) is 0.594. The predicted molar refractivity (Wildman–Crippen MR) is 124 cm³/mol. The number of nitrogens with zero attached hydrogens (tertiary/aromatic N) is 3. The number of amides is 1. The van der Waals surface area contributed by atoms with E-state index in [1.54, 1.807) is 7.11 Å². The lowest BCUT2D eigenvalue weighted by molar-refractivity contribution is -0.119. The largest absolute Gasteiger partial charge is 0.497 e. The van der Waals surface area contributed by atoms with Crippen LogP contribution in [0.2, 0.25) is 0 Å². The zero-order chi connectivity index (χ0) is 21.6. The Morgan fingerprint density at radius 1 is 1.06 bits per heavy atom. The summed E-state index contributed by atoms with van der Waals surface area (Å²) in [5, 5.41) is 13.2. The van der Waals surface area contributed by atoms with Crippen molar-refractivity contribution in [1.29, 1.82) is 0 Å². The van der Waals surface area contributed by atoms with Gasteiger partial charge >= 0.3 is 0 Å². The summed E-state index contributed by atoms with van der Waals surface area (Å²) < 4.78 is 7.58. The summed E-state index contributed by atoms with van der Waals surface area (Å²) in [6.45, 7) is 2.25. The minimum absolute atomic E-state index is 0.105. The molecule has 1 heterocycles. The Morgan fingerprint density at radius 3 is 2.48 bits per heavy atom. The highest BCUT2D eigenvalue weighted by Gasteiger charge is 2.26. The van der Waals surface area contributed by atoms with E-state index in [-0.39, 0.29) is 5.91 Å². The predicted octanol–water partition coefficient (Wildman–Crippen LogP) is 5.25. The first-order chi connectivity index (χ1) is 15.2. The van der Waals surface area contributed by atoms with Crippen molar-refractivity contribution < 1.29 is 9.53 Å². The molecule has 0 bridgehead atoms. The summed E-state index contributed by atoms with van der Waals surface area (Å²) >= 11 is 1.51. The smallest absolute Gasteiger partial charge is 0.230 e. The van der Waals surface area contributed by atoms with Crippen LogP contribution in [-0.4, -0.2) is 39.6 Å². The molecule has 0 saturated heterocycles. The number of hydrogen-bond donors (Lipinski definition) is 1. The Balaban J connectivity index is 1.49. The van der Waals surface area contributed by atoms with Crippen molar-refractivity contribution in [3.8, 4) is 17.1 Å². The summed E-state index contributed by atoms with van der Waals surface area (Å²) in [7, 11) is 1.67. The molecule has 0 spiro atoms. The molecule has 4 rings (SSSR count). The van der Waals surface area contributed by atoms with Crippen molar-refractivity contribution in [3.05, 3.63) is 24.3 Å². The Bertz CT molecular complexity index is 861. The van der Waals surface area contributed by atoms with Crippen LogP contribution in [0.15, 0.2) is 29.4 Å².